The van der Waals surface area contributed by atoms with Crippen LogP contribution >= 0.6 is 0 Å². The standard InChI is InChI=1S/2C25H25N2.2HI/c1-3-26-18-16-20(22-12-5-7-14-24(22)26)10-9-11-21-17-19-27(4-2)25-15-8-6-13-23(21)25;1-3-26-22(18-16-20-10-5-7-14-24(20)26)12-9-13-23-19-17-21-11-6-8-15-25(21)27(23)4-2;;/h2*5-19H,3-4H2,1-2H3;2*1H/q2*+1;;/p-2. The first-order valence-electron chi connectivity index (χ1n) is 19.3. The topological polar surface area (TPSA) is 14.2 Å². The van der Waals surface area contributed by atoms with Gasteiger partial charge in [-0.25, -0.2) is 0 Å². The molecule has 0 fully saturated rings. The summed E-state index contributed by atoms with van der Waals surface area (Å²) in [5.74, 6) is 0. The first-order valence-corrected chi connectivity index (χ1v) is 19.3. The van der Waals surface area contributed by atoms with E-state index in [9.17, 15) is 0 Å². The van der Waals surface area contributed by atoms with Crippen molar-refractivity contribution in [3.05, 3.63) is 192 Å². The summed E-state index contributed by atoms with van der Waals surface area (Å²) < 4.78 is 4.64. The van der Waals surface area contributed by atoms with Crippen LogP contribution in [0.25, 0.3) is 45.6 Å². The van der Waals surface area contributed by atoms with Crippen LogP contribution in [0.2, 0.25) is 0 Å². The highest BCUT2D eigenvalue weighted by Crippen LogP contribution is 2.33. The molecular weight excluding hydrogens is 910 g/mol. The van der Waals surface area contributed by atoms with Gasteiger partial charge in [-0.3, -0.25) is 0 Å². The number of allylic oxidation sites excluding steroid dienone is 7. The highest BCUT2D eigenvalue weighted by Gasteiger charge is 2.16. The Morgan fingerprint density at radius 2 is 1.30 bits per heavy atom. The zero-order chi connectivity index (χ0) is 37.3. The van der Waals surface area contributed by atoms with E-state index in [0.717, 1.165) is 26.2 Å². The summed E-state index contributed by atoms with van der Waals surface area (Å²) in [5.41, 5.74) is 12.6. The van der Waals surface area contributed by atoms with Gasteiger partial charge in [0.1, 0.15) is 13.1 Å². The Labute approximate surface area is 367 Å². The molecule has 0 unspecified atom stereocenters. The first kappa shape index (κ1) is 42.3. The second-order valence-electron chi connectivity index (χ2n) is 13.3. The SMILES string of the molecule is CCN1/C(=C/C=Cc2ccc3ccccc3[n+]2CC)C=Cc2ccccc21.CCN1C=CC(=CC=Cc2cc[n+](CC)c3ccccc23)c2ccccc21.[I-].[I-]. The molecule has 4 heterocycles. The van der Waals surface area contributed by atoms with Gasteiger partial charge in [0, 0.05) is 77.7 Å². The third-order valence-electron chi connectivity index (χ3n) is 10.3. The molecule has 6 heteroatoms. The second kappa shape index (κ2) is 20.4. The number of aryl methyl sites for hydroxylation is 2. The predicted molar refractivity (Wildman–Crippen MR) is 231 cm³/mol. The maximum atomic E-state index is 2.36. The lowest BCUT2D eigenvalue weighted by Gasteiger charge is -2.29. The third kappa shape index (κ3) is 9.24. The molecule has 2 aliphatic rings. The van der Waals surface area contributed by atoms with Gasteiger partial charge in [-0.05, 0) is 93.0 Å². The van der Waals surface area contributed by atoms with Crippen molar-refractivity contribution in [2.24, 2.45) is 0 Å². The minimum Gasteiger partial charge on any atom is -1.00 e. The summed E-state index contributed by atoms with van der Waals surface area (Å²) >= 11 is 0. The minimum absolute atomic E-state index is 0. The monoisotopic (exact) mass is 960 g/mol. The molecule has 4 aromatic carbocycles. The van der Waals surface area contributed by atoms with Gasteiger partial charge in [0.05, 0.1) is 5.39 Å². The molecule has 2 aliphatic heterocycles. The molecule has 6 aromatic rings. The van der Waals surface area contributed by atoms with E-state index in [0.29, 0.717) is 0 Å². The summed E-state index contributed by atoms with van der Waals surface area (Å²) in [6.45, 7) is 12.6. The first-order chi connectivity index (χ1) is 26.6. The lowest BCUT2D eigenvalue weighted by Crippen LogP contribution is -3.00. The highest BCUT2D eigenvalue weighted by atomic mass is 127. The largest absolute Gasteiger partial charge is 1.00 e. The van der Waals surface area contributed by atoms with Crippen LogP contribution in [-0.2, 0) is 13.1 Å². The number of anilines is 2. The van der Waals surface area contributed by atoms with Crippen molar-refractivity contribution in [2.75, 3.05) is 22.9 Å². The van der Waals surface area contributed by atoms with Crippen LogP contribution in [0.5, 0.6) is 0 Å². The maximum absolute atomic E-state index is 2.36. The molecule has 0 saturated heterocycles. The lowest BCUT2D eigenvalue weighted by atomic mass is 9.99. The van der Waals surface area contributed by atoms with E-state index in [2.05, 4.69) is 229 Å². The van der Waals surface area contributed by atoms with Crippen LogP contribution in [-0.4, -0.2) is 13.1 Å². The van der Waals surface area contributed by atoms with Crippen LogP contribution < -0.4 is 66.9 Å². The lowest BCUT2D eigenvalue weighted by molar-refractivity contribution is -0.669. The fourth-order valence-corrected chi connectivity index (χ4v) is 7.51. The molecule has 0 saturated carbocycles. The van der Waals surface area contributed by atoms with Gasteiger partial charge < -0.3 is 57.8 Å². The van der Waals surface area contributed by atoms with E-state index in [1.807, 2.05) is 0 Å². The Morgan fingerprint density at radius 3 is 2.09 bits per heavy atom. The van der Waals surface area contributed by atoms with E-state index in [1.165, 1.54) is 66.8 Å². The average Bonchev–Trinajstić information content (AvgIpc) is 3.23. The quantitative estimate of drug-likeness (QED) is 0.154. The molecule has 0 atom stereocenters. The highest BCUT2D eigenvalue weighted by molar-refractivity contribution is 5.89. The molecule has 2 aromatic heterocycles. The Morgan fingerprint density at radius 1 is 0.589 bits per heavy atom. The van der Waals surface area contributed by atoms with Crippen LogP contribution in [0.1, 0.15) is 50.1 Å². The molecule has 284 valence electrons. The van der Waals surface area contributed by atoms with Gasteiger partial charge >= 0.3 is 0 Å². The normalized spacial score (nSPS) is 14.5. The summed E-state index contributed by atoms with van der Waals surface area (Å²) in [6, 6.07) is 40.9. The van der Waals surface area contributed by atoms with Crippen molar-refractivity contribution in [1.82, 2.24) is 0 Å². The minimum atomic E-state index is 0. The number of halogens is 2. The average molecular weight is 961 g/mol. The molecule has 0 radical (unpaired) electrons. The van der Waals surface area contributed by atoms with Crippen molar-refractivity contribution >= 4 is 57.0 Å². The molecule has 0 amide bonds. The Hall–Kier alpha value is -4.80. The van der Waals surface area contributed by atoms with Gasteiger partial charge in [0.15, 0.2) is 6.20 Å². The van der Waals surface area contributed by atoms with Crippen LogP contribution in [0.3, 0.4) is 0 Å². The van der Waals surface area contributed by atoms with Gasteiger partial charge in [0.2, 0.25) is 16.7 Å². The summed E-state index contributed by atoms with van der Waals surface area (Å²) in [5, 5.41) is 2.56. The zero-order valence-corrected chi connectivity index (χ0v) is 37.0. The van der Waals surface area contributed by atoms with Crippen molar-refractivity contribution in [2.45, 2.75) is 40.8 Å². The number of benzene rings is 4. The number of hydrogen-bond donors (Lipinski definition) is 0. The summed E-state index contributed by atoms with van der Waals surface area (Å²) in [7, 11) is 0. The number of para-hydroxylation sites is 4. The van der Waals surface area contributed by atoms with Crippen LogP contribution in [0, 0.1) is 0 Å². The van der Waals surface area contributed by atoms with E-state index < -0.39 is 0 Å². The number of likely N-dealkylation sites (N-methyl/N-ethyl adjacent to an activating group) is 1. The van der Waals surface area contributed by atoms with Crippen LogP contribution in [0.4, 0.5) is 11.4 Å². The number of pyridine rings is 2. The Balaban J connectivity index is 0.000000207. The van der Waals surface area contributed by atoms with E-state index in [1.54, 1.807) is 0 Å². The Kier molecular flexibility index (Phi) is 15.4. The van der Waals surface area contributed by atoms with E-state index in [-0.39, 0.29) is 48.0 Å². The number of hydrogen-bond acceptors (Lipinski definition) is 2. The molecule has 4 nitrogen and oxygen atoms in total. The number of rotatable bonds is 8. The van der Waals surface area contributed by atoms with Crippen LogP contribution in [0.15, 0.2) is 170 Å². The molecular formula is C50H50I2N4. The smallest absolute Gasteiger partial charge is 0.213 e. The number of fused-ring (bicyclic) bond motifs is 4. The van der Waals surface area contributed by atoms with Gasteiger partial charge in [-0.15, -0.1) is 0 Å². The van der Waals surface area contributed by atoms with Gasteiger partial charge in [-0.2, -0.15) is 9.13 Å². The van der Waals surface area contributed by atoms with Gasteiger partial charge in [0.25, 0.3) is 0 Å². The van der Waals surface area contributed by atoms with E-state index >= 15 is 0 Å². The fourth-order valence-electron chi connectivity index (χ4n) is 7.51. The third-order valence-corrected chi connectivity index (χ3v) is 10.3. The zero-order valence-electron chi connectivity index (χ0n) is 32.7. The summed E-state index contributed by atoms with van der Waals surface area (Å²) in [6.07, 6.45) is 24.1. The van der Waals surface area contributed by atoms with Crippen molar-refractivity contribution in [3.63, 3.8) is 0 Å². The van der Waals surface area contributed by atoms with Crippen molar-refractivity contribution in [1.29, 1.82) is 0 Å². The number of aromatic nitrogens is 2. The predicted octanol–water partition coefficient (Wildman–Crippen LogP) is 5.20. The molecule has 0 spiro atoms. The van der Waals surface area contributed by atoms with Crippen molar-refractivity contribution < 1.29 is 57.1 Å². The van der Waals surface area contributed by atoms with E-state index in [4.69, 9.17) is 0 Å². The molecule has 8 rings (SSSR count). The second-order valence-corrected chi connectivity index (χ2v) is 13.3. The Bertz CT molecular complexity index is 2470. The molecule has 0 N–H and O–H groups in total. The molecule has 0 bridgehead atoms. The van der Waals surface area contributed by atoms with Gasteiger partial charge in [-0.1, -0.05) is 91.0 Å². The number of nitrogens with zero attached hydrogens (tertiary/aromatic N) is 4. The fraction of sp³-hybridized carbons (Fsp3) is 0.160. The van der Waals surface area contributed by atoms with Crippen molar-refractivity contribution in [3.8, 4) is 0 Å². The summed E-state index contributed by atoms with van der Waals surface area (Å²) in [4.78, 5) is 4.64. The molecule has 0 aliphatic carbocycles. The molecule has 56 heavy (non-hydrogen) atoms. The maximum Gasteiger partial charge on any atom is 0.213 e.